The Labute approximate surface area is 310 Å². The quantitative estimate of drug-likeness (QED) is 0.0290. The normalized spacial score (nSPS) is 13.8. The highest BCUT2D eigenvalue weighted by Gasteiger charge is 2.26. The van der Waals surface area contributed by atoms with E-state index in [9.17, 15) is 14.3 Å². The van der Waals surface area contributed by atoms with Gasteiger partial charge in [-0.05, 0) is 12.8 Å². The van der Waals surface area contributed by atoms with E-state index in [1.165, 1.54) is 148 Å². The standard InChI is InChI=1S/C41H84NO7P/c1-6-8-10-12-14-16-18-19-20-21-22-23-24-25-27-29-31-33-36-46-38-40(39-48-50(44,45)47-37-35-42(3,4)5)49-41(43)34-32-30-28-26-17-15-13-11-9-7-2/h40H,6-39H2,1-5H3/p+1/t40-/m1/s1. The number of ether oxygens (including phenoxy) is 2. The van der Waals surface area contributed by atoms with Crippen LogP contribution < -0.4 is 0 Å². The number of esters is 1. The van der Waals surface area contributed by atoms with Crippen LogP contribution in [-0.4, -0.2) is 75.6 Å². The van der Waals surface area contributed by atoms with Crippen molar-refractivity contribution in [3.8, 4) is 0 Å². The highest BCUT2D eigenvalue weighted by molar-refractivity contribution is 7.47. The number of likely N-dealkylation sites (N-methyl/N-ethyl adjacent to an activating group) is 1. The third kappa shape index (κ3) is 38.7. The fraction of sp³-hybridized carbons (Fsp3) is 0.976. The van der Waals surface area contributed by atoms with Gasteiger partial charge in [0.05, 0.1) is 34.4 Å². The van der Waals surface area contributed by atoms with Crippen LogP contribution in [0.5, 0.6) is 0 Å². The van der Waals surface area contributed by atoms with Crippen LogP contribution >= 0.6 is 7.82 Å². The lowest BCUT2D eigenvalue weighted by Crippen LogP contribution is -2.37. The molecule has 0 heterocycles. The lowest BCUT2D eigenvalue weighted by Gasteiger charge is -2.24. The van der Waals surface area contributed by atoms with Crippen molar-refractivity contribution < 1.29 is 37.3 Å². The van der Waals surface area contributed by atoms with Gasteiger partial charge in [-0.15, -0.1) is 0 Å². The molecule has 2 atom stereocenters. The molecule has 0 aliphatic heterocycles. The van der Waals surface area contributed by atoms with E-state index < -0.39 is 13.9 Å². The average Bonchev–Trinajstić information content (AvgIpc) is 3.06. The first-order chi connectivity index (χ1) is 24.1. The lowest BCUT2D eigenvalue weighted by atomic mass is 10.0. The first-order valence-electron chi connectivity index (χ1n) is 21.3. The highest BCUT2D eigenvalue weighted by Crippen LogP contribution is 2.43. The molecular weight excluding hydrogens is 649 g/mol. The third-order valence-electron chi connectivity index (χ3n) is 9.42. The summed E-state index contributed by atoms with van der Waals surface area (Å²) in [6.45, 7) is 5.66. The van der Waals surface area contributed by atoms with E-state index in [4.69, 9.17) is 18.5 Å². The van der Waals surface area contributed by atoms with Crippen molar-refractivity contribution in [2.75, 3.05) is 54.1 Å². The Morgan fingerprint density at radius 3 is 1.32 bits per heavy atom. The zero-order valence-corrected chi connectivity index (χ0v) is 34.8. The molecule has 0 aliphatic rings. The molecular formula is C41H85NO7P+. The van der Waals surface area contributed by atoms with Crippen LogP contribution in [0.25, 0.3) is 0 Å². The number of phosphoric ester groups is 1. The molecule has 0 radical (unpaired) electrons. The molecule has 0 amide bonds. The van der Waals surface area contributed by atoms with Gasteiger partial charge in [-0.25, -0.2) is 4.57 Å². The summed E-state index contributed by atoms with van der Waals surface area (Å²) < 4.78 is 34.9. The van der Waals surface area contributed by atoms with Crippen LogP contribution in [0.1, 0.15) is 200 Å². The Balaban J connectivity index is 4.13. The van der Waals surface area contributed by atoms with Gasteiger partial charge in [0.15, 0.2) is 0 Å². The summed E-state index contributed by atoms with van der Waals surface area (Å²) in [7, 11) is 1.68. The van der Waals surface area contributed by atoms with Gasteiger partial charge < -0.3 is 18.9 Å². The third-order valence-corrected chi connectivity index (χ3v) is 10.4. The van der Waals surface area contributed by atoms with Gasteiger partial charge in [-0.2, -0.15) is 0 Å². The van der Waals surface area contributed by atoms with E-state index in [2.05, 4.69) is 13.8 Å². The maximum Gasteiger partial charge on any atom is 0.472 e. The van der Waals surface area contributed by atoms with Crippen LogP contribution in [0.2, 0.25) is 0 Å². The van der Waals surface area contributed by atoms with Crippen LogP contribution in [0, 0.1) is 0 Å². The topological polar surface area (TPSA) is 91.3 Å². The molecule has 0 aliphatic carbocycles. The zero-order valence-electron chi connectivity index (χ0n) is 33.9. The summed E-state index contributed by atoms with van der Waals surface area (Å²) in [5.74, 6) is -0.311. The largest absolute Gasteiger partial charge is 0.472 e. The summed E-state index contributed by atoms with van der Waals surface area (Å²) in [5.41, 5.74) is 0. The molecule has 9 heteroatoms. The molecule has 0 aromatic carbocycles. The van der Waals surface area contributed by atoms with Gasteiger partial charge >= 0.3 is 13.8 Å². The van der Waals surface area contributed by atoms with E-state index in [1.54, 1.807) is 0 Å². The van der Waals surface area contributed by atoms with Crippen LogP contribution in [0.15, 0.2) is 0 Å². The summed E-state index contributed by atoms with van der Waals surface area (Å²) in [6.07, 6.45) is 35.6. The van der Waals surface area contributed by atoms with E-state index in [0.717, 1.165) is 32.1 Å². The molecule has 0 fully saturated rings. The molecule has 300 valence electrons. The Kier molecular flexibility index (Phi) is 35.2. The second-order valence-electron chi connectivity index (χ2n) is 15.7. The summed E-state index contributed by atoms with van der Waals surface area (Å²) in [6, 6.07) is 0. The molecule has 1 unspecified atom stereocenters. The predicted octanol–water partition coefficient (Wildman–Crippen LogP) is 12.1. The summed E-state index contributed by atoms with van der Waals surface area (Å²) in [5, 5.41) is 0. The number of rotatable bonds is 40. The van der Waals surface area contributed by atoms with Gasteiger partial charge in [0.1, 0.15) is 19.3 Å². The number of nitrogens with zero attached hydrogens (tertiary/aromatic N) is 1. The van der Waals surface area contributed by atoms with E-state index >= 15 is 0 Å². The second-order valence-corrected chi connectivity index (χ2v) is 17.2. The number of phosphoric acid groups is 1. The minimum atomic E-state index is -4.26. The Bertz CT molecular complexity index is 777. The summed E-state index contributed by atoms with van der Waals surface area (Å²) >= 11 is 0. The first kappa shape index (κ1) is 49.5. The fourth-order valence-electron chi connectivity index (χ4n) is 6.08. The van der Waals surface area contributed by atoms with Crippen molar-refractivity contribution >= 4 is 13.8 Å². The lowest BCUT2D eigenvalue weighted by molar-refractivity contribution is -0.870. The molecule has 1 N–H and O–H groups in total. The van der Waals surface area contributed by atoms with Crippen molar-refractivity contribution in [1.29, 1.82) is 0 Å². The Hall–Kier alpha value is -0.500. The van der Waals surface area contributed by atoms with Crippen molar-refractivity contribution in [3.05, 3.63) is 0 Å². The van der Waals surface area contributed by atoms with E-state index in [1.807, 2.05) is 21.1 Å². The monoisotopic (exact) mass is 735 g/mol. The molecule has 0 saturated heterocycles. The van der Waals surface area contributed by atoms with Gasteiger partial charge in [0, 0.05) is 13.0 Å². The van der Waals surface area contributed by atoms with Crippen molar-refractivity contribution in [2.45, 2.75) is 206 Å². The molecule has 8 nitrogen and oxygen atoms in total. The Morgan fingerprint density at radius 2 is 0.920 bits per heavy atom. The van der Waals surface area contributed by atoms with Crippen LogP contribution in [0.4, 0.5) is 0 Å². The fourth-order valence-corrected chi connectivity index (χ4v) is 6.82. The van der Waals surface area contributed by atoms with E-state index in [0.29, 0.717) is 24.1 Å². The van der Waals surface area contributed by atoms with Crippen molar-refractivity contribution in [1.82, 2.24) is 0 Å². The summed E-state index contributed by atoms with van der Waals surface area (Å²) in [4.78, 5) is 22.8. The molecule has 0 saturated carbocycles. The molecule has 0 spiro atoms. The SMILES string of the molecule is CCCCCCCCCCCCCCCCCCCCOC[C@H](COP(=O)(O)OCC[N+](C)(C)C)OC(=O)CCCCCCCCCCCC. The number of hydrogen-bond donors (Lipinski definition) is 1. The molecule has 0 aromatic heterocycles. The number of quaternary nitrogens is 1. The first-order valence-corrected chi connectivity index (χ1v) is 22.8. The molecule has 50 heavy (non-hydrogen) atoms. The average molecular weight is 735 g/mol. The minimum absolute atomic E-state index is 0.0936. The van der Waals surface area contributed by atoms with Crippen molar-refractivity contribution in [3.63, 3.8) is 0 Å². The maximum atomic E-state index is 12.6. The van der Waals surface area contributed by atoms with Gasteiger partial charge in [0.25, 0.3) is 0 Å². The van der Waals surface area contributed by atoms with Crippen LogP contribution in [-0.2, 0) is 27.9 Å². The van der Waals surface area contributed by atoms with Gasteiger partial charge in [-0.1, -0.05) is 181 Å². The number of carbonyl (C=O) groups excluding carboxylic acids is 1. The molecule has 0 aromatic rings. The van der Waals surface area contributed by atoms with Crippen molar-refractivity contribution in [2.24, 2.45) is 0 Å². The number of unbranched alkanes of at least 4 members (excludes halogenated alkanes) is 26. The minimum Gasteiger partial charge on any atom is -0.457 e. The highest BCUT2D eigenvalue weighted by atomic mass is 31.2. The number of carbonyl (C=O) groups is 1. The smallest absolute Gasteiger partial charge is 0.457 e. The number of hydrogen-bond acceptors (Lipinski definition) is 6. The maximum absolute atomic E-state index is 12.6. The van der Waals surface area contributed by atoms with E-state index in [-0.39, 0.29) is 25.8 Å². The van der Waals surface area contributed by atoms with Gasteiger partial charge in [-0.3, -0.25) is 13.8 Å². The second kappa shape index (κ2) is 35.5. The molecule has 0 bridgehead atoms. The zero-order chi connectivity index (χ0) is 37.0. The van der Waals surface area contributed by atoms with Crippen LogP contribution in [0.3, 0.4) is 0 Å². The Morgan fingerprint density at radius 1 is 0.540 bits per heavy atom. The predicted molar refractivity (Wildman–Crippen MR) is 211 cm³/mol. The van der Waals surface area contributed by atoms with Gasteiger partial charge in [0.2, 0.25) is 0 Å². The molecule has 0 rings (SSSR count).